The molecule has 5 nitrogen and oxygen atoms in total. The monoisotopic (exact) mass is 432 g/mol. The minimum atomic E-state index is -2.10. The largest absolute Gasteiger partial charge is 0.466 e. The fourth-order valence-electron chi connectivity index (χ4n) is 8.56. The Morgan fingerprint density at radius 1 is 1.00 bits per heavy atom. The third kappa shape index (κ3) is 1.69. The first-order chi connectivity index (χ1) is 13.4. The normalized spacial score (nSPS) is 46.1. The summed E-state index contributed by atoms with van der Waals surface area (Å²) in [7, 11) is -1.07. The second kappa shape index (κ2) is 5.17. The van der Waals surface area contributed by atoms with Gasteiger partial charge in [-0.25, -0.2) is 9.59 Å². The van der Waals surface area contributed by atoms with Gasteiger partial charge in [0, 0.05) is 30.9 Å². The highest BCUT2D eigenvalue weighted by Crippen LogP contribution is 2.96. The van der Waals surface area contributed by atoms with Gasteiger partial charge in [0.1, 0.15) is 11.2 Å². The highest BCUT2D eigenvalue weighted by atomic mass is 28.3. The lowest BCUT2D eigenvalue weighted by Gasteiger charge is -2.53. The van der Waals surface area contributed by atoms with Crippen LogP contribution in [-0.2, 0) is 23.8 Å². The van der Waals surface area contributed by atoms with Crippen LogP contribution in [0.5, 0.6) is 0 Å². The zero-order valence-corrected chi connectivity index (χ0v) is 20.7. The summed E-state index contributed by atoms with van der Waals surface area (Å²) in [6.45, 7) is 14.2. The summed E-state index contributed by atoms with van der Waals surface area (Å²) in [6, 6.07) is 0. The lowest BCUT2D eigenvalue weighted by Crippen LogP contribution is -2.57. The van der Waals surface area contributed by atoms with Crippen LogP contribution in [0.15, 0.2) is 23.3 Å². The standard InChI is InChI=1S/C22H32O5Si2/c1-25-18(23)14-15-17(28(3,4)5)21(29(6,7)8,16(14)19(24)26-2)22-13-10-9-12(11-13)20(15,22)27-22/h9-10,12-13,15,17H,11H2,1-8H3/t12-,13-,15-,17+,20-,21-,22-/m0/s1. The fraction of sp³-hybridized carbons (Fsp3) is 0.727. The van der Waals surface area contributed by atoms with E-state index in [4.69, 9.17) is 14.2 Å². The second-order valence-corrected chi connectivity index (χ2v) is 22.3. The molecule has 7 atom stereocenters. The molecule has 0 amide bonds. The van der Waals surface area contributed by atoms with Crippen molar-refractivity contribution in [2.75, 3.05) is 14.2 Å². The fourth-order valence-corrected chi connectivity index (χ4v) is 17.9. The smallest absolute Gasteiger partial charge is 0.334 e. The van der Waals surface area contributed by atoms with Gasteiger partial charge in [-0.05, 0) is 12.0 Å². The number of hydrogen-bond donors (Lipinski definition) is 0. The van der Waals surface area contributed by atoms with E-state index in [0.29, 0.717) is 23.0 Å². The summed E-state index contributed by atoms with van der Waals surface area (Å²) in [5.74, 6) is -0.148. The zero-order chi connectivity index (χ0) is 21.4. The molecular formula is C22H32O5Si2. The maximum absolute atomic E-state index is 13.4. The van der Waals surface area contributed by atoms with Crippen molar-refractivity contribution in [3.8, 4) is 0 Å². The van der Waals surface area contributed by atoms with Gasteiger partial charge in [0.25, 0.3) is 0 Å². The van der Waals surface area contributed by atoms with Crippen LogP contribution in [-0.4, -0.2) is 53.5 Å². The van der Waals surface area contributed by atoms with E-state index >= 15 is 0 Å². The summed E-state index contributed by atoms with van der Waals surface area (Å²) in [4.78, 5) is 26.6. The van der Waals surface area contributed by atoms with Gasteiger partial charge in [-0.1, -0.05) is 51.4 Å². The number of hydrogen-bond acceptors (Lipinski definition) is 5. The van der Waals surface area contributed by atoms with Gasteiger partial charge in [0.2, 0.25) is 0 Å². The molecule has 0 aromatic carbocycles. The molecule has 0 N–H and O–H groups in total. The van der Waals surface area contributed by atoms with E-state index < -0.39 is 21.2 Å². The third-order valence-corrected chi connectivity index (χ3v) is 15.0. The highest BCUT2D eigenvalue weighted by molar-refractivity contribution is 6.87. The lowest BCUT2D eigenvalue weighted by molar-refractivity contribution is -0.140. The lowest BCUT2D eigenvalue weighted by atomic mass is 9.70. The van der Waals surface area contributed by atoms with E-state index in [0.717, 1.165) is 6.42 Å². The minimum absolute atomic E-state index is 0.0672. The van der Waals surface area contributed by atoms with Crippen LogP contribution >= 0.6 is 0 Å². The Balaban J connectivity index is 1.92. The molecule has 4 aliphatic carbocycles. The number of ether oxygens (including phenoxy) is 3. The average Bonchev–Trinajstić information content (AvgIpc) is 2.95. The van der Waals surface area contributed by atoms with Gasteiger partial charge in [-0.3, -0.25) is 0 Å². The van der Waals surface area contributed by atoms with Crippen LogP contribution in [0.2, 0.25) is 49.9 Å². The van der Waals surface area contributed by atoms with Gasteiger partial charge >= 0.3 is 11.9 Å². The first-order valence-corrected chi connectivity index (χ1v) is 17.8. The van der Waals surface area contributed by atoms with E-state index in [1.165, 1.54) is 14.2 Å². The minimum Gasteiger partial charge on any atom is -0.466 e. The molecule has 158 valence electrons. The number of rotatable bonds is 4. The molecule has 1 heterocycles. The number of fused-ring (bicyclic) bond motifs is 4. The van der Waals surface area contributed by atoms with Crippen molar-refractivity contribution in [3.63, 3.8) is 0 Å². The topological polar surface area (TPSA) is 65.1 Å². The third-order valence-electron chi connectivity index (χ3n) is 8.76. The molecular weight excluding hydrogens is 400 g/mol. The number of carbonyl (C=O) groups excluding carboxylic acids is 2. The van der Waals surface area contributed by atoms with Crippen molar-refractivity contribution in [2.24, 2.45) is 17.8 Å². The van der Waals surface area contributed by atoms with Gasteiger partial charge in [-0.2, -0.15) is 0 Å². The summed E-state index contributed by atoms with van der Waals surface area (Å²) in [6.07, 6.45) is 5.71. The van der Waals surface area contributed by atoms with Crippen LogP contribution in [0.3, 0.4) is 0 Å². The predicted octanol–water partition coefficient (Wildman–Crippen LogP) is 3.77. The van der Waals surface area contributed by atoms with E-state index in [1.807, 2.05) is 0 Å². The van der Waals surface area contributed by atoms with Gasteiger partial charge < -0.3 is 14.2 Å². The van der Waals surface area contributed by atoms with Crippen molar-refractivity contribution in [2.45, 2.75) is 67.5 Å². The van der Waals surface area contributed by atoms with Crippen LogP contribution in [0.1, 0.15) is 6.42 Å². The Hall–Kier alpha value is -1.19. The molecule has 0 aromatic heterocycles. The van der Waals surface area contributed by atoms with Crippen LogP contribution < -0.4 is 0 Å². The van der Waals surface area contributed by atoms with Gasteiger partial charge in [0.15, 0.2) is 0 Å². The molecule has 0 unspecified atom stereocenters. The summed E-state index contributed by atoms with van der Waals surface area (Å²) in [5.41, 5.74) is 0.781. The van der Waals surface area contributed by atoms with E-state index in [9.17, 15) is 9.59 Å². The van der Waals surface area contributed by atoms with Gasteiger partial charge in [-0.15, -0.1) is 0 Å². The van der Waals surface area contributed by atoms with Crippen molar-refractivity contribution >= 4 is 28.1 Å². The number of esters is 2. The van der Waals surface area contributed by atoms with Crippen LogP contribution in [0, 0.1) is 17.8 Å². The first kappa shape index (κ1) is 19.8. The molecule has 0 spiro atoms. The summed E-state index contributed by atoms with van der Waals surface area (Å²) < 4.78 is 17.5. The molecule has 1 aliphatic heterocycles. The molecule has 3 fully saturated rings. The summed E-state index contributed by atoms with van der Waals surface area (Å²) >= 11 is 0. The molecule has 4 bridgehead atoms. The average molecular weight is 433 g/mol. The molecule has 0 aromatic rings. The number of methoxy groups -OCH3 is 2. The molecule has 7 heteroatoms. The molecule has 29 heavy (non-hydrogen) atoms. The number of epoxide rings is 1. The Bertz CT molecular complexity index is 909. The Morgan fingerprint density at radius 2 is 1.59 bits per heavy atom. The van der Waals surface area contributed by atoms with Crippen LogP contribution in [0.25, 0.3) is 0 Å². The quantitative estimate of drug-likeness (QED) is 0.293. The van der Waals surface area contributed by atoms with E-state index in [2.05, 4.69) is 51.4 Å². The first-order valence-electron chi connectivity index (χ1n) is 10.7. The zero-order valence-electron chi connectivity index (χ0n) is 18.7. The maximum atomic E-state index is 13.4. The Kier molecular flexibility index (Phi) is 3.52. The molecule has 5 aliphatic rings. The highest BCUT2D eigenvalue weighted by Gasteiger charge is 3.01. The summed E-state index contributed by atoms with van der Waals surface area (Å²) in [5, 5.41) is -0.421. The molecule has 1 saturated heterocycles. The van der Waals surface area contributed by atoms with Crippen molar-refractivity contribution in [3.05, 3.63) is 23.3 Å². The van der Waals surface area contributed by atoms with Crippen molar-refractivity contribution < 1.29 is 23.8 Å². The molecule has 0 radical (unpaired) electrons. The Morgan fingerprint density at radius 3 is 2.10 bits per heavy atom. The SMILES string of the molecule is COC(=O)C1=C(C(=O)OC)[C@]2([Si](C)(C)C)[C@H]([Si](C)(C)C)[C@H]1[C@]13O[C@@]12[C@H]1C=C[C@H]3C1. The molecule has 5 rings (SSSR count). The van der Waals surface area contributed by atoms with Crippen LogP contribution in [0.4, 0.5) is 0 Å². The predicted molar refractivity (Wildman–Crippen MR) is 115 cm³/mol. The van der Waals surface area contributed by atoms with Crippen molar-refractivity contribution in [1.29, 1.82) is 0 Å². The maximum Gasteiger partial charge on any atom is 0.334 e. The number of carbonyl (C=O) groups is 2. The van der Waals surface area contributed by atoms with Crippen molar-refractivity contribution in [1.82, 2.24) is 0 Å². The Labute approximate surface area is 174 Å². The van der Waals surface area contributed by atoms with E-state index in [1.54, 1.807) is 0 Å². The van der Waals surface area contributed by atoms with Gasteiger partial charge in [0.05, 0.1) is 33.4 Å². The van der Waals surface area contributed by atoms with E-state index in [-0.39, 0.29) is 34.6 Å². The second-order valence-electron chi connectivity index (χ2n) is 11.6. The molecule has 2 saturated carbocycles.